The molecule has 4 unspecified atom stereocenters. The fourth-order valence-corrected chi connectivity index (χ4v) is 4.42. The summed E-state index contributed by atoms with van der Waals surface area (Å²) in [6.45, 7) is 11.1. The summed E-state index contributed by atoms with van der Waals surface area (Å²) in [7, 11) is 0. The Labute approximate surface area is 226 Å². The molecular formula is C31H39N3O4. The lowest BCUT2D eigenvalue weighted by Crippen LogP contribution is -2.55. The molecule has 1 saturated carbocycles. The van der Waals surface area contributed by atoms with E-state index in [9.17, 15) is 14.4 Å². The van der Waals surface area contributed by atoms with Crippen LogP contribution in [-0.2, 0) is 20.7 Å². The van der Waals surface area contributed by atoms with E-state index in [1.807, 2.05) is 44.2 Å². The van der Waals surface area contributed by atoms with E-state index in [1.165, 1.54) is 0 Å². The maximum Gasteiger partial charge on any atom is 0.408 e. The zero-order valence-corrected chi connectivity index (χ0v) is 23.2. The number of hydrogen-bond donors (Lipinski definition) is 2. The smallest absolute Gasteiger partial charge is 0.408 e. The van der Waals surface area contributed by atoms with E-state index in [2.05, 4.69) is 23.5 Å². The number of rotatable bonds is 9. The van der Waals surface area contributed by atoms with Crippen molar-refractivity contribution in [3.8, 4) is 12.3 Å². The monoisotopic (exact) mass is 517 g/mol. The number of ether oxygens (including phenoxy) is 1. The fourth-order valence-electron chi connectivity index (χ4n) is 4.42. The highest BCUT2D eigenvalue weighted by Crippen LogP contribution is 2.41. The Morgan fingerprint density at radius 2 is 1.66 bits per heavy atom. The third-order valence-corrected chi connectivity index (χ3v) is 6.30. The lowest BCUT2D eigenvalue weighted by Gasteiger charge is -2.35. The van der Waals surface area contributed by atoms with Crippen molar-refractivity contribution in [3.63, 3.8) is 0 Å². The maximum atomic E-state index is 14.3. The van der Waals surface area contributed by atoms with E-state index in [0.717, 1.165) is 12.0 Å². The summed E-state index contributed by atoms with van der Waals surface area (Å²) in [5.41, 5.74) is 1.49. The lowest BCUT2D eigenvalue weighted by atomic mass is 9.99. The second-order valence-corrected chi connectivity index (χ2v) is 11.2. The third kappa shape index (κ3) is 7.85. The molecular weight excluding hydrogens is 478 g/mol. The largest absolute Gasteiger partial charge is 0.444 e. The first-order chi connectivity index (χ1) is 17.9. The topological polar surface area (TPSA) is 87.7 Å². The highest BCUT2D eigenvalue weighted by atomic mass is 16.6. The Morgan fingerprint density at radius 3 is 2.16 bits per heavy atom. The molecule has 38 heavy (non-hydrogen) atoms. The van der Waals surface area contributed by atoms with Gasteiger partial charge in [-0.3, -0.25) is 9.59 Å². The Kier molecular flexibility index (Phi) is 9.22. The maximum absolute atomic E-state index is 14.3. The molecule has 0 bridgehead atoms. The number of nitrogens with one attached hydrogen (secondary N) is 2. The zero-order chi connectivity index (χ0) is 28.0. The number of carbonyl (C=O) groups excluding carboxylic acids is 3. The fraction of sp³-hybridized carbons (Fsp3) is 0.452. The number of nitrogens with zero attached hydrogens (tertiary/aromatic N) is 1. The normalized spacial score (nSPS) is 18.1. The minimum absolute atomic E-state index is 0.122. The molecule has 0 saturated heterocycles. The van der Waals surface area contributed by atoms with Gasteiger partial charge < -0.3 is 20.3 Å². The van der Waals surface area contributed by atoms with Crippen molar-refractivity contribution in [2.45, 2.75) is 84.2 Å². The van der Waals surface area contributed by atoms with Gasteiger partial charge in [0.25, 0.3) is 0 Å². The number of hydrogen-bond acceptors (Lipinski definition) is 4. The lowest BCUT2D eigenvalue weighted by molar-refractivity contribution is -0.143. The summed E-state index contributed by atoms with van der Waals surface area (Å²) in [6, 6.07) is 14.5. The molecule has 4 atom stereocenters. The second-order valence-electron chi connectivity index (χ2n) is 11.2. The van der Waals surface area contributed by atoms with Crippen LogP contribution in [-0.4, -0.2) is 46.5 Å². The SMILES string of the molecule is C#Cc1ccc(C(C(=O)NC(C)C)N(C(=O)C(Cc2ccccc2)NC(=O)OC(C)(C)C)C2CC2C)cc1. The minimum Gasteiger partial charge on any atom is -0.444 e. The van der Waals surface area contributed by atoms with Gasteiger partial charge in [0.1, 0.15) is 17.7 Å². The molecule has 202 valence electrons. The van der Waals surface area contributed by atoms with Gasteiger partial charge in [0.05, 0.1) is 0 Å². The van der Waals surface area contributed by atoms with E-state index in [1.54, 1.807) is 49.9 Å². The Hall–Kier alpha value is -3.79. The van der Waals surface area contributed by atoms with Crippen LogP contribution in [0.2, 0.25) is 0 Å². The van der Waals surface area contributed by atoms with Crippen molar-refractivity contribution in [1.29, 1.82) is 0 Å². The van der Waals surface area contributed by atoms with Crippen molar-refractivity contribution in [3.05, 3.63) is 71.3 Å². The summed E-state index contributed by atoms with van der Waals surface area (Å²) in [6.07, 6.45) is 5.88. The van der Waals surface area contributed by atoms with E-state index in [-0.39, 0.29) is 36.2 Å². The van der Waals surface area contributed by atoms with Crippen molar-refractivity contribution in [2.75, 3.05) is 0 Å². The summed E-state index contributed by atoms with van der Waals surface area (Å²) < 4.78 is 5.48. The molecule has 3 rings (SSSR count). The summed E-state index contributed by atoms with van der Waals surface area (Å²) >= 11 is 0. The van der Waals surface area contributed by atoms with Crippen LogP contribution in [0.4, 0.5) is 4.79 Å². The summed E-state index contributed by atoms with van der Waals surface area (Å²) in [5, 5.41) is 5.77. The van der Waals surface area contributed by atoms with Crippen molar-refractivity contribution < 1.29 is 19.1 Å². The van der Waals surface area contributed by atoms with Gasteiger partial charge >= 0.3 is 6.09 Å². The molecule has 0 radical (unpaired) electrons. The first-order valence-electron chi connectivity index (χ1n) is 13.1. The van der Waals surface area contributed by atoms with Crippen LogP contribution in [0.3, 0.4) is 0 Å². The van der Waals surface area contributed by atoms with Crippen LogP contribution < -0.4 is 10.6 Å². The number of alkyl carbamates (subject to hydrolysis) is 1. The van der Waals surface area contributed by atoms with E-state index >= 15 is 0 Å². The van der Waals surface area contributed by atoms with Crippen LogP contribution in [0.25, 0.3) is 0 Å². The summed E-state index contributed by atoms with van der Waals surface area (Å²) in [4.78, 5) is 42.4. The van der Waals surface area contributed by atoms with Crippen LogP contribution in [0.1, 0.15) is 70.7 Å². The molecule has 3 amide bonds. The molecule has 2 aromatic rings. The van der Waals surface area contributed by atoms with Gasteiger partial charge in [0, 0.05) is 24.1 Å². The van der Waals surface area contributed by atoms with Crippen LogP contribution in [0, 0.1) is 18.3 Å². The van der Waals surface area contributed by atoms with Gasteiger partial charge in [-0.2, -0.15) is 0 Å². The minimum atomic E-state index is -0.931. The standard InChI is InChI=1S/C31H39N3O4/c1-8-22-14-16-24(17-15-22)27(28(35)32-20(2)3)34(26-18-21(26)4)29(36)25(19-23-12-10-9-11-13-23)33-30(37)38-31(5,6)7/h1,9-17,20-21,25-27H,18-19H2,2-7H3,(H,32,35)(H,33,37). The van der Waals surface area contributed by atoms with Gasteiger partial charge in [-0.05, 0) is 70.2 Å². The number of carbonyl (C=O) groups is 3. The van der Waals surface area contributed by atoms with Gasteiger partial charge in [-0.15, -0.1) is 6.42 Å². The number of terminal acetylenes is 1. The first-order valence-corrected chi connectivity index (χ1v) is 13.1. The predicted octanol–water partition coefficient (Wildman–Crippen LogP) is 4.61. The Balaban J connectivity index is 2.03. The number of benzene rings is 2. The molecule has 0 spiro atoms. The average Bonchev–Trinajstić information content (AvgIpc) is 3.56. The van der Waals surface area contributed by atoms with E-state index in [4.69, 9.17) is 11.2 Å². The zero-order valence-electron chi connectivity index (χ0n) is 23.2. The number of amides is 3. The summed E-state index contributed by atoms with van der Waals surface area (Å²) in [5.74, 6) is 2.20. The highest BCUT2D eigenvalue weighted by molar-refractivity contribution is 5.93. The molecule has 0 heterocycles. The van der Waals surface area contributed by atoms with Crippen LogP contribution >= 0.6 is 0 Å². The van der Waals surface area contributed by atoms with Crippen LogP contribution in [0.5, 0.6) is 0 Å². The average molecular weight is 518 g/mol. The quantitative estimate of drug-likeness (QED) is 0.476. The second kappa shape index (κ2) is 12.2. The highest BCUT2D eigenvalue weighted by Gasteiger charge is 2.48. The van der Waals surface area contributed by atoms with E-state index in [0.29, 0.717) is 11.1 Å². The Bertz CT molecular complexity index is 1160. The molecule has 2 N–H and O–H groups in total. The van der Waals surface area contributed by atoms with Gasteiger partial charge in [0.2, 0.25) is 11.8 Å². The van der Waals surface area contributed by atoms with Gasteiger partial charge in [-0.1, -0.05) is 55.3 Å². The van der Waals surface area contributed by atoms with Gasteiger partial charge in [-0.25, -0.2) is 4.79 Å². The molecule has 2 aromatic carbocycles. The molecule has 0 aromatic heterocycles. The van der Waals surface area contributed by atoms with Crippen molar-refractivity contribution in [1.82, 2.24) is 15.5 Å². The van der Waals surface area contributed by atoms with Crippen molar-refractivity contribution >= 4 is 17.9 Å². The third-order valence-electron chi connectivity index (χ3n) is 6.30. The van der Waals surface area contributed by atoms with E-state index < -0.39 is 23.8 Å². The molecule has 0 aliphatic heterocycles. The van der Waals surface area contributed by atoms with Crippen molar-refractivity contribution in [2.24, 2.45) is 5.92 Å². The molecule has 7 nitrogen and oxygen atoms in total. The molecule has 1 fully saturated rings. The first kappa shape index (κ1) is 28.8. The van der Waals surface area contributed by atoms with Crippen LogP contribution in [0.15, 0.2) is 54.6 Å². The molecule has 7 heteroatoms. The molecule has 1 aliphatic carbocycles. The molecule has 1 aliphatic rings. The predicted molar refractivity (Wildman–Crippen MR) is 148 cm³/mol. The Morgan fingerprint density at radius 1 is 1.05 bits per heavy atom. The van der Waals surface area contributed by atoms with Gasteiger partial charge in [0.15, 0.2) is 0 Å².